The zero-order chi connectivity index (χ0) is 13.5. The molecule has 0 radical (unpaired) electrons. The second-order valence-corrected chi connectivity index (χ2v) is 4.33. The second-order valence-electron chi connectivity index (χ2n) is 3.52. The van der Waals surface area contributed by atoms with E-state index in [1.54, 1.807) is 0 Å². The molecule has 0 spiro atoms. The maximum Gasteiger partial charge on any atom is 0.272 e. The molecule has 7 heteroatoms. The smallest absolute Gasteiger partial charge is 0.272 e. The number of anilines is 1. The van der Waals surface area contributed by atoms with E-state index in [0.29, 0.717) is 25.4 Å². The molecular weight excluding hydrogens is 279 g/mol. The number of nitro groups is 1. The average molecular weight is 293 g/mol. The third kappa shape index (κ3) is 4.33. The van der Waals surface area contributed by atoms with Gasteiger partial charge in [-0.1, -0.05) is 23.2 Å². The molecule has 1 aromatic rings. The minimum absolute atomic E-state index is 0.120. The fourth-order valence-corrected chi connectivity index (χ4v) is 1.98. The number of hydrogen-bond donors (Lipinski definition) is 1. The summed E-state index contributed by atoms with van der Waals surface area (Å²) in [6.45, 7) is 3.89. The van der Waals surface area contributed by atoms with E-state index in [-0.39, 0.29) is 15.7 Å². The first-order valence-electron chi connectivity index (χ1n) is 5.51. The van der Waals surface area contributed by atoms with E-state index in [0.717, 1.165) is 6.42 Å². The number of nitrogens with one attached hydrogen (secondary N) is 1. The molecule has 0 amide bonds. The monoisotopic (exact) mass is 292 g/mol. The topological polar surface area (TPSA) is 64.4 Å². The molecule has 0 atom stereocenters. The molecule has 0 saturated carbocycles. The van der Waals surface area contributed by atoms with E-state index < -0.39 is 4.92 Å². The van der Waals surface area contributed by atoms with Crippen molar-refractivity contribution in [3.05, 3.63) is 32.3 Å². The van der Waals surface area contributed by atoms with Crippen LogP contribution in [0.3, 0.4) is 0 Å². The lowest BCUT2D eigenvalue weighted by atomic mass is 10.2. The molecule has 0 aliphatic carbocycles. The maximum atomic E-state index is 10.6. The van der Waals surface area contributed by atoms with Crippen molar-refractivity contribution >= 4 is 34.6 Å². The highest BCUT2D eigenvalue weighted by Gasteiger charge is 2.13. The van der Waals surface area contributed by atoms with Gasteiger partial charge in [0.15, 0.2) is 0 Å². The number of hydrogen-bond acceptors (Lipinski definition) is 4. The van der Waals surface area contributed by atoms with Crippen LogP contribution in [-0.4, -0.2) is 24.7 Å². The number of ether oxygens (including phenoxy) is 1. The Hall–Kier alpha value is -1.04. The van der Waals surface area contributed by atoms with Crippen molar-refractivity contribution in [1.29, 1.82) is 0 Å². The van der Waals surface area contributed by atoms with E-state index >= 15 is 0 Å². The summed E-state index contributed by atoms with van der Waals surface area (Å²) in [6, 6.07) is 2.55. The zero-order valence-electron chi connectivity index (χ0n) is 9.91. The normalized spacial score (nSPS) is 10.4. The van der Waals surface area contributed by atoms with Crippen LogP contribution in [0.1, 0.15) is 13.3 Å². The highest BCUT2D eigenvalue weighted by atomic mass is 35.5. The Bertz CT molecular complexity index is 404. The first-order chi connectivity index (χ1) is 8.56. The van der Waals surface area contributed by atoms with Gasteiger partial charge in [0, 0.05) is 31.9 Å². The van der Waals surface area contributed by atoms with Crippen molar-refractivity contribution in [2.24, 2.45) is 0 Å². The van der Waals surface area contributed by atoms with Crippen LogP contribution in [0.4, 0.5) is 11.4 Å². The second kappa shape index (κ2) is 7.41. The molecule has 1 rings (SSSR count). The van der Waals surface area contributed by atoms with Gasteiger partial charge in [-0.25, -0.2) is 0 Å². The predicted molar refractivity (Wildman–Crippen MR) is 72.7 cm³/mol. The number of non-ortho nitro benzene ring substituents is 1. The summed E-state index contributed by atoms with van der Waals surface area (Å²) in [6.07, 6.45) is 0.803. The fourth-order valence-electron chi connectivity index (χ4n) is 1.37. The average Bonchev–Trinajstić information content (AvgIpc) is 2.31. The van der Waals surface area contributed by atoms with Crippen LogP contribution in [0, 0.1) is 10.1 Å². The van der Waals surface area contributed by atoms with Crippen molar-refractivity contribution in [3.63, 3.8) is 0 Å². The van der Waals surface area contributed by atoms with Crippen LogP contribution in [0.5, 0.6) is 0 Å². The number of halogens is 2. The lowest BCUT2D eigenvalue weighted by Crippen LogP contribution is -2.06. The minimum Gasteiger partial charge on any atom is -0.383 e. The Morgan fingerprint density at radius 3 is 2.50 bits per heavy atom. The Kier molecular flexibility index (Phi) is 6.18. The van der Waals surface area contributed by atoms with Crippen molar-refractivity contribution in [2.75, 3.05) is 25.1 Å². The first-order valence-corrected chi connectivity index (χ1v) is 6.27. The van der Waals surface area contributed by atoms with Crippen molar-refractivity contribution in [1.82, 2.24) is 0 Å². The van der Waals surface area contributed by atoms with Crippen molar-refractivity contribution in [3.8, 4) is 0 Å². The van der Waals surface area contributed by atoms with Crippen LogP contribution in [0.25, 0.3) is 0 Å². The number of rotatable bonds is 7. The van der Waals surface area contributed by atoms with Crippen LogP contribution < -0.4 is 5.32 Å². The van der Waals surface area contributed by atoms with Gasteiger partial charge in [-0.05, 0) is 13.3 Å². The van der Waals surface area contributed by atoms with Crippen molar-refractivity contribution in [2.45, 2.75) is 13.3 Å². The van der Waals surface area contributed by atoms with Gasteiger partial charge < -0.3 is 10.1 Å². The molecule has 0 unspecified atom stereocenters. The molecule has 0 aromatic heterocycles. The summed E-state index contributed by atoms with van der Waals surface area (Å²) >= 11 is 11.9. The lowest BCUT2D eigenvalue weighted by molar-refractivity contribution is -0.384. The molecule has 18 heavy (non-hydrogen) atoms. The first kappa shape index (κ1) is 15.0. The summed E-state index contributed by atoms with van der Waals surface area (Å²) < 4.78 is 5.19. The van der Waals surface area contributed by atoms with Gasteiger partial charge in [0.1, 0.15) is 0 Å². The highest BCUT2D eigenvalue weighted by molar-refractivity contribution is 6.39. The zero-order valence-corrected chi connectivity index (χ0v) is 11.4. The molecule has 0 bridgehead atoms. The third-order valence-corrected chi connectivity index (χ3v) is 2.81. The van der Waals surface area contributed by atoms with E-state index in [2.05, 4.69) is 5.32 Å². The number of benzene rings is 1. The molecule has 100 valence electrons. The maximum absolute atomic E-state index is 10.6. The van der Waals surface area contributed by atoms with Crippen molar-refractivity contribution < 1.29 is 9.66 Å². The minimum atomic E-state index is -0.531. The lowest BCUT2D eigenvalue weighted by Gasteiger charge is -2.10. The largest absolute Gasteiger partial charge is 0.383 e. The SMILES string of the molecule is CCOCCCNc1c(Cl)cc([N+](=O)[O-])cc1Cl. The van der Waals surface area contributed by atoms with Crippen LogP contribution in [0.2, 0.25) is 10.0 Å². The Morgan fingerprint density at radius 2 is 2.00 bits per heavy atom. The Labute approximate surface area is 115 Å². The molecule has 0 saturated heterocycles. The van der Waals surface area contributed by atoms with E-state index in [1.165, 1.54) is 12.1 Å². The van der Waals surface area contributed by atoms with Gasteiger partial charge in [0.05, 0.1) is 20.7 Å². The molecule has 5 nitrogen and oxygen atoms in total. The molecular formula is C11H14Cl2N2O3. The Balaban J connectivity index is 2.63. The standard InChI is InChI=1S/C11H14Cl2N2O3/c1-2-18-5-3-4-14-11-9(12)6-8(15(16)17)7-10(11)13/h6-7,14H,2-5H2,1H3. The Morgan fingerprint density at radius 1 is 1.39 bits per heavy atom. The summed E-state index contributed by atoms with van der Waals surface area (Å²) in [4.78, 5) is 10.1. The van der Waals surface area contributed by atoms with Gasteiger partial charge in [0.25, 0.3) is 5.69 Å². The van der Waals surface area contributed by atoms with Crippen LogP contribution in [-0.2, 0) is 4.74 Å². The van der Waals surface area contributed by atoms with E-state index in [4.69, 9.17) is 27.9 Å². The summed E-state index contributed by atoms with van der Waals surface area (Å²) in [5, 5.41) is 14.1. The molecule has 1 N–H and O–H groups in total. The number of nitro benzene ring substituents is 1. The molecule has 0 heterocycles. The third-order valence-electron chi connectivity index (χ3n) is 2.21. The highest BCUT2D eigenvalue weighted by Crippen LogP contribution is 2.34. The molecule has 1 aromatic carbocycles. The molecule has 0 fully saturated rings. The van der Waals surface area contributed by atoms with Crippen LogP contribution >= 0.6 is 23.2 Å². The van der Waals surface area contributed by atoms with E-state index in [1.807, 2.05) is 6.92 Å². The molecule has 0 aliphatic rings. The van der Waals surface area contributed by atoms with Gasteiger partial charge in [-0.3, -0.25) is 10.1 Å². The van der Waals surface area contributed by atoms with Gasteiger partial charge >= 0.3 is 0 Å². The predicted octanol–water partition coefficient (Wildman–Crippen LogP) is 3.74. The summed E-state index contributed by atoms with van der Waals surface area (Å²) in [5.41, 5.74) is 0.394. The molecule has 0 aliphatic heterocycles. The van der Waals surface area contributed by atoms with E-state index in [9.17, 15) is 10.1 Å². The number of nitrogens with zero attached hydrogens (tertiary/aromatic N) is 1. The van der Waals surface area contributed by atoms with Gasteiger partial charge in [-0.15, -0.1) is 0 Å². The van der Waals surface area contributed by atoms with Gasteiger partial charge in [-0.2, -0.15) is 0 Å². The van der Waals surface area contributed by atoms with Gasteiger partial charge in [0.2, 0.25) is 0 Å². The summed E-state index contributed by atoms with van der Waals surface area (Å²) in [5.74, 6) is 0. The van der Waals surface area contributed by atoms with Crippen LogP contribution in [0.15, 0.2) is 12.1 Å². The summed E-state index contributed by atoms with van der Waals surface area (Å²) in [7, 11) is 0. The quantitative estimate of drug-likeness (QED) is 0.472. The fraction of sp³-hybridized carbons (Fsp3) is 0.455.